The van der Waals surface area contributed by atoms with E-state index in [0.717, 1.165) is 21.7 Å². The number of benzene rings is 3. The summed E-state index contributed by atoms with van der Waals surface area (Å²) in [5.74, 6) is -0.870. The van der Waals surface area contributed by atoms with Gasteiger partial charge in [0.15, 0.2) is 0 Å². The molecule has 0 radical (unpaired) electrons. The van der Waals surface area contributed by atoms with Gasteiger partial charge in [-0.15, -0.1) is 0 Å². The van der Waals surface area contributed by atoms with Gasteiger partial charge in [-0.25, -0.2) is 8.42 Å². The molecular weight excluding hydrogens is 545 g/mol. The second-order valence-corrected chi connectivity index (χ2v) is 12.0. The van der Waals surface area contributed by atoms with E-state index < -0.39 is 28.5 Å². The maximum atomic E-state index is 13.9. The lowest BCUT2D eigenvalue weighted by molar-refractivity contribution is -0.140. The maximum absolute atomic E-state index is 13.9. The van der Waals surface area contributed by atoms with Gasteiger partial charge in [0.2, 0.25) is 21.8 Å². The van der Waals surface area contributed by atoms with Crippen molar-refractivity contribution in [2.75, 3.05) is 17.1 Å². The van der Waals surface area contributed by atoms with Crippen molar-refractivity contribution < 1.29 is 18.0 Å². The first kappa shape index (κ1) is 29.5. The van der Waals surface area contributed by atoms with Crippen molar-refractivity contribution in [3.05, 3.63) is 100 Å². The van der Waals surface area contributed by atoms with Crippen molar-refractivity contribution in [2.24, 2.45) is 0 Å². The zero-order chi connectivity index (χ0) is 27.9. The third-order valence-corrected chi connectivity index (χ3v) is 7.37. The molecule has 0 spiro atoms. The van der Waals surface area contributed by atoms with E-state index >= 15 is 0 Å². The molecule has 0 fully saturated rings. The average Bonchev–Trinajstić information content (AvgIpc) is 2.85. The maximum Gasteiger partial charge on any atom is 0.244 e. The fraction of sp³-hybridized carbons (Fsp3) is 0.286. The summed E-state index contributed by atoms with van der Waals surface area (Å²) in [4.78, 5) is 28.8. The standard InChI is InChI=1S/C28H31Cl2N3O4S/c1-20(2)31-28(35)26(16-21-8-5-4-6-9-21)32(18-22-12-14-23(29)15-13-22)27(34)19-33(38(3,36)37)25-11-7-10-24(30)17-25/h4-15,17,20,26H,16,18-19H2,1-3H3,(H,31,35). The Bertz CT molecular complexity index is 1350. The first-order chi connectivity index (χ1) is 17.9. The smallest absolute Gasteiger partial charge is 0.244 e. The van der Waals surface area contributed by atoms with Gasteiger partial charge in [-0.2, -0.15) is 0 Å². The molecule has 3 rings (SSSR count). The highest BCUT2D eigenvalue weighted by Crippen LogP contribution is 2.23. The summed E-state index contributed by atoms with van der Waals surface area (Å²) < 4.78 is 26.5. The number of carbonyl (C=O) groups is 2. The van der Waals surface area contributed by atoms with E-state index in [-0.39, 0.29) is 30.6 Å². The molecule has 0 aliphatic rings. The zero-order valence-corrected chi connectivity index (χ0v) is 23.8. The van der Waals surface area contributed by atoms with Crippen LogP contribution in [0.4, 0.5) is 5.69 Å². The van der Waals surface area contributed by atoms with Gasteiger partial charge >= 0.3 is 0 Å². The van der Waals surface area contributed by atoms with E-state index in [1.807, 2.05) is 44.2 Å². The van der Waals surface area contributed by atoms with Crippen LogP contribution in [0.2, 0.25) is 10.0 Å². The molecule has 3 aromatic carbocycles. The number of halogens is 2. The van der Waals surface area contributed by atoms with Gasteiger partial charge in [0.1, 0.15) is 12.6 Å². The second-order valence-electron chi connectivity index (χ2n) is 9.27. The molecule has 38 heavy (non-hydrogen) atoms. The van der Waals surface area contributed by atoms with Gasteiger partial charge in [0.25, 0.3) is 0 Å². The van der Waals surface area contributed by atoms with Crippen LogP contribution in [0.5, 0.6) is 0 Å². The number of nitrogens with one attached hydrogen (secondary N) is 1. The number of amides is 2. The van der Waals surface area contributed by atoms with Crippen LogP contribution in [-0.2, 0) is 32.6 Å². The van der Waals surface area contributed by atoms with Crippen molar-refractivity contribution in [2.45, 2.75) is 38.9 Å². The number of hydrogen-bond acceptors (Lipinski definition) is 4. The number of carbonyl (C=O) groups excluding carboxylic acids is 2. The predicted molar refractivity (Wildman–Crippen MR) is 153 cm³/mol. The summed E-state index contributed by atoms with van der Waals surface area (Å²) in [6.07, 6.45) is 1.27. The van der Waals surface area contributed by atoms with Crippen LogP contribution in [0.25, 0.3) is 0 Å². The molecule has 1 atom stereocenters. The Labute approximate surface area is 234 Å². The highest BCUT2D eigenvalue weighted by molar-refractivity contribution is 7.92. The van der Waals surface area contributed by atoms with Crippen molar-refractivity contribution >= 4 is 50.7 Å². The third kappa shape index (κ3) is 8.48. The van der Waals surface area contributed by atoms with E-state index in [9.17, 15) is 18.0 Å². The van der Waals surface area contributed by atoms with Gasteiger partial charge in [-0.05, 0) is 55.3 Å². The third-order valence-electron chi connectivity index (χ3n) is 5.74. The van der Waals surface area contributed by atoms with Crippen LogP contribution in [0.3, 0.4) is 0 Å². The fourth-order valence-electron chi connectivity index (χ4n) is 3.97. The molecule has 7 nitrogen and oxygen atoms in total. The molecule has 3 aromatic rings. The zero-order valence-electron chi connectivity index (χ0n) is 21.5. The summed E-state index contributed by atoms with van der Waals surface area (Å²) >= 11 is 12.2. The molecule has 10 heteroatoms. The molecule has 2 amide bonds. The molecule has 1 N–H and O–H groups in total. The lowest BCUT2D eigenvalue weighted by Gasteiger charge is -2.34. The Morgan fingerprint density at radius 3 is 2.11 bits per heavy atom. The van der Waals surface area contributed by atoms with E-state index in [1.165, 1.54) is 11.0 Å². The lowest BCUT2D eigenvalue weighted by atomic mass is 10.0. The van der Waals surface area contributed by atoms with Crippen molar-refractivity contribution in [3.8, 4) is 0 Å². The molecule has 0 heterocycles. The van der Waals surface area contributed by atoms with Gasteiger partial charge in [0.05, 0.1) is 11.9 Å². The second kappa shape index (κ2) is 13.1. The minimum absolute atomic E-state index is 0.0756. The number of hydrogen-bond donors (Lipinski definition) is 1. The summed E-state index contributed by atoms with van der Waals surface area (Å²) in [7, 11) is -3.86. The van der Waals surface area contributed by atoms with Gasteiger partial charge in [0, 0.05) is 29.1 Å². The Morgan fingerprint density at radius 2 is 1.53 bits per heavy atom. The Kier molecular flexibility index (Phi) is 10.2. The lowest BCUT2D eigenvalue weighted by Crippen LogP contribution is -2.54. The highest BCUT2D eigenvalue weighted by atomic mass is 35.5. The molecule has 0 aliphatic heterocycles. The van der Waals surface area contributed by atoms with Crippen LogP contribution < -0.4 is 9.62 Å². The highest BCUT2D eigenvalue weighted by Gasteiger charge is 2.33. The normalized spacial score (nSPS) is 12.2. The van der Waals surface area contributed by atoms with E-state index in [0.29, 0.717) is 10.0 Å². The van der Waals surface area contributed by atoms with E-state index in [4.69, 9.17) is 23.2 Å². The van der Waals surface area contributed by atoms with Crippen molar-refractivity contribution in [3.63, 3.8) is 0 Å². The molecule has 0 saturated heterocycles. The minimum Gasteiger partial charge on any atom is -0.352 e. The molecule has 202 valence electrons. The SMILES string of the molecule is CC(C)NC(=O)C(Cc1ccccc1)N(Cc1ccc(Cl)cc1)C(=O)CN(c1cccc(Cl)c1)S(C)(=O)=O. The van der Waals surface area contributed by atoms with Crippen LogP contribution in [0.15, 0.2) is 78.9 Å². The van der Waals surface area contributed by atoms with Gasteiger partial charge < -0.3 is 10.2 Å². The Morgan fingerprint density at radius 1 is 0.868 bits per heavy atom. The van der Waals surface area contributed by atoms with Gasteiger partial charge in [-0.3, -0.25) is 13.9 Å². The number of nitrogens with zero attached hydrogens (tertiary/aromatic N) is 2. The summed E-state index contributed by atoms with van der Waals surface area (Å²) in [5, 5.41) is 3.78. The Hall–Kier alpha value is -3.07. The quantitative estimate of drug-likeness (QED) is 0.351. The van der Waals surface area contributed by atoms with Crippen molar-refractivity contribution in [1.29, 1.82) is 0 Å². The number of sulfonamides is 1. The summed E-state index contributed by atoms with van der Waals surface area (Å²) in [6.45, 7) is 3.25. The van der Waals surface area contributed by atoms with Crippen LogP contribution in [0, 0.1) is 0 Å². The fourth-order valence-corrected chi connectivity index (χ4v) is 5.12. The van der Waals surface area contributed by atoms with Crippen LogP contribution >= 0.6 is 23.2 Å². The molecule has 0 saturated carbocycles. The van der Waals surface area contributed by atoms with E-state index in [2.05, 4.69) is 5.32 Å². The molecule has 1 unspecified atom stereocenters. The van der Waals surface area contributed by atoms with Crippen LogP contribution in [-0.4, -0.2) is 50.0 Å². The molecule has 0 aliphatic carbocycles. The Balaban J connectivity index is 2.05. The predicted octanol–water partition coefficient (Wildman–Crippen LogP) is 4.92. The first-order valence-corrected chi connectivity index (χ1v) is 14.7. The monoisotopic (exact) mass is 575 g/mol. The van der Waals surface area contributed by atoms with E-state index in [1.54, 1.807) is 42.5 Å². The van der Waals surface area contributed by atoms with Crippen LogP contribution in [0.1, 0.15) is 25.0 Å². The number of rotatable bonds is 11. The molecular formula is C28H31Cl2N3O4S. The van der Waals surface area contributed by atoms with Gasteiger partial charge in [-0.1, -0.05) is 71.7 Å². The van der Waals surface area contributed by atoms with Crippen molar-refractivity contribution in [1.82, 2.24) is 10.2 Å². The summed E-state index contributed by atoms with van der Waals surface area (Å²) in [6, 6.07) is 21.5. The topological polar surface area (TPSA) is 86.8 Å². The molecule has 0 bridgehead atoms. The number of anilines is 1. The molecule has 0 aromatic heterocycles. The minimum atomic E-state index is -3.86. The summed E-state index contributed by atoms with van der Waals surface area (Å²) in [5.41, 5.74) is 1.86. The largest absolute Gasteiger partial charge is 0.352 e. The average molecular weight is 577 g/mol. The first-order valence-electron chi connectivity index (χ1n) is 12.1.